The third-order valence-electron chi connectivity index (χ3n) is 4.27. The molecule has 1 amide bonds. The zero-order valence-corrected chi connectivity index (χ0v) is 12.5. The zero-order chi connectivity index (χ0) is 14.5. The number of nitrogens with one attached hydrogen (secondary N) is 1. The number of hydrogen-bond acceptors (Lipinski definition) is 3. The standard InChI is InChI=1S/C16H25N3O/c1-3-13-5-4-9-19(10-8-13)16(20)14-11-12(2)6-7-15(14)18-17/h6-7,11,13,18H,3-5,8-10,17H2,1-2H3. The number of benzene rings is 1. The molecule has 0 spiro atoms. The molecular weight excluding hydrogens is 250 g/mol. The molecule has 1 saturated heterocycles. The molecule has 1 aromatic rings. The summed E-state index contributed by atoms with van der Waals surface area (Å²) in [5.41, 5.74) is 5.10. The molecule has 1 fully saturated rings. The molecular formula is C16H25N3O. The zero-order valence-electron chi connectivity index (χ0n) is 12.5. The Morgan fingerprint density at radius 1 is 1.40 bits per heavy atom. The van der Waals surface area contributed by atoms with E-state index >= 15 is 0 Å². The molecule has 1 atom stereocenters. The summed E-state index contributed by atoms with van der Waals surface area (Å²) in [5.74, 6) is 6.38. The summed E-state index contributed by atoms with van der Waals surface area (Å²) >= 11 is 0. The topological polar surface area (TPSA) is 58.4 Å². The Balaban J connectivity index is 2.16. The highest BCUT2D eigenvalue weighted by Crippen LogP contribution is 2.24. The van der Waals surface area contributed by atoms with Gasteiger partial charge in [0.25, 0.3) is 5.91 Å². The number of hydrazine groups is 1. The second-order valence-electron chi connectivity index (χ2n) is 5.69. The second kappa shape index (κ2) is 6.75. The summed E-state index contributed by atoms with van der Waals surface area (Å²) in [5, 5.41) is 0. The maximum atomic E-state index is 12.7. The van der Waals surface area contributed by atoms with E-state index in [-0.39, 0.29) is 5.91 Å². The van der Waals surface area contributed by atoms with Crippen LogP contribution < -0.4 is 11.3 Å². The van der Waals surface area contributed by atoms with Crippen molar-refractivity contribution in [2.45, 2.75) is 39.5 Å². The molecule has 3 N–H and O–H groups in total. The number of amides is 1. The summed E-state index contributed by atoms with van der Waals surface area (Å²) in [6.45, 7) is 5.94. The minimum atomic E-state index is 0.0957. The van der Waals surface area contributed by atoms with Gasteiger partial charge in [-0.3, -0.25) is 10.6 Å². The van der Waals surface area contributed by atoms with Crippen LogP contribution in [0.3, 0.4) is 0 Å². The van der Waals surface area contributed by atoms with Gasteiger partial charge in [0.2, 0.25) is 0 Å². The molecule has 0 radical (unpaired) electrons. The van der Waals surface area contributed by atoms with Crippen molar-refractivity contribution < 1.29 is 4.79 Å². The van der Waals surface area contributed by atoms with Crippen LogP contribution in [-0.4, -0.2) is 23.9 Å². The van der Waals surface area contributed by atoms with Gasteiger partial charge < -0.3 is 10.3 Å². The van der Waals surface area contributed by atoms with E-state index in [1.165, 1.54) is 12.8 Å². The average Bonchev–Trinajstić information content (AvgIpc) is 2.71. The van der Waals surface area contributed by atoms with Crippen LogP contribution in [-0.2, 0) is 0 Å². The van der Waals surface area contributed by atoms with E-state index in [0.29, 0.717) is 11.3 Å². The number of aryl methyl sites for hydroxylation is 1. The Bertz CT molecular complexity index is 473. The quantitative estimate of drug-likeness (QED) is 0.658. The van der Waals surface area contributed by atoms with Crippen LogP contribution >= 0.6 is 0 Å². The van der Waals surface area contributed by atoms with Crippen LogP contribution in [0.5, 0.6) is 0 Å². The first-order valence-corrected chi connectivity index (χ1v) is 7.52. The van der Waals surface area contributed by atoms with E-state index in [1.807, 2.05) is 30.0 Å². The molecule has 110 valence electrons. The number of carbonyl (C=O) groups excluding carboxylic acids is 1. The van der Waals surface area contributed by atoms with Crippen molar-refractivity contribution in [1.29, 1.82) is 0 Å². The van der Waals surface area contributed by atoms with Gasteiger partial charge in [-0.2, -0.15) is 0 Å². The summed E-state index contributed by atoms with van der Waals surface area (Å²) in [6, 6.07) is 5.75. The fourth-order valence-corrected chi connectivity index (χ4v) is 2.91. The number of rotatable bonds is 3. The number of anilines is 1. The third-order valence-corrected chi connectivity index (χ3v) is 4.27. The average molecular weight is 275 g/mol. The summed E-state index contributed by atoms with van der Waals surface area (Å²) in [6.07, 6.45) is 4.65. The predicted octanol–water partition coefficient (Wildman–Crippen LogP) is 2.93. The molecule has 0 aromatic heterocycles. The monoisotopic (exact) mass is 275 g/mol. The number of nitrogen functional groups attached to an aromatic ring is 1. The van der Waals surface area contributed by atoms with Crippen LogP contribution in [0.1, 0.15) is 48.5 Å². The fourth-order valence-electron chi connectivity index (χ4n) is 2.91. The van der Waals surface area contributed by atoms with E-state index in [9.17, 15) is 4.79 Å². The molecule has 0 bridgehead atoms. The maximum Gasteiger partial charge on any atom is 0.256 e. The highest BCUT2D eigenvalue weighted by molar-refractivity contribution is 5.99. The molecule has 2 rings (SSSR count). The SMILES string of the molecule is CCC1CCCN(C(=O)c2cc(C)ccc2NN)CC1. The Hall–Kier alpha value is -1.55. The first kappa shape index (κ1) is 14.9. The minimum absolute atomic E-state index is 0.0957. The number of nitrogens with zero attached hydrogens (tertiary/aromatic N) is 1. The molecule has 4 heteroatoms. The van der Waals surface area contributed by atoms with Crippen LogP contribution in [0.25, 0.3) is 0 Å². The first-order valence-electron chi connectivity index (χ1n) is 7.52. The number of carbonyl (C=O) groups is 1. The molecule has 1 aliphatic rings. The van der Waals surface area contributed by atoms with Gasteiger partial charge in [-0.05, 0) is 44.2 Å². The lowest BCUT2D eigenvalue weighted by Gasteiger charge is -2.22. The lowest BCUT2D eigenvalue weighted by atomic mass is 9.98. The summed E-state index contributed by atoms with van der Waals surface area (Å²) in [7, 11) is 0. The van der Waals surface area contributed by atoms with Crippen molar-refractivity contribution in [2.75, 3.05) is 18.5 Å². The molecule has 1 heterocycles. The van der Waals surface area contributed by atoms with E-state index in [2.05, 4.69) is 12.3 Å². The molecule has 0 aliphatic carbocycles. The number of hydrogen-bond donors (Lipinski definition) is 2. The Morgan fingerprint density at radius 3 is 2.90 bits per heavy atom. The first-order chi connectivity index (χ1) is 9.65. The Kier molecular flexibility index (Phi) is 5.01. The van der Waals surface area contributed by atoms with Gasteiger partial charge >= 0.3 is 0 Å². The van der Waals surface area contributed by atoms with Crippen molar-refractivity contribution >= 4 is 11.6 Å². The highest BCUT2D eigenvalue weighted by atomic mass is 16.2. The van der Waals surface area contributed by atoms with E-state index < -0.39 is 0 Å². The van der Waals surface area contributed by atoms with Crippen LogP contribution in [0.15, 0.2) is 18.2 Å². The van der Waals surface area contributed by atoms with Gasteiger partial charge in [-0.15, -0.1) is 0 Å². The smallest absolute Gasteiger partial charge is 0.256 e. The predicted molar refractivity (Wildman–Crippen MR) is 82.5 cm³/mol. The van der Waals surface area contributed by atoms with Crippen molar-refractivity contribution in [3.63, 3.8) is 0 Å². The molecule has 1 aliphatic heterocycles. The number of likely N-dealkylation sites (tertiary alicyclic amines) is 1. The lowest BCUT2D eigenvalue weighted by molar-refractivity contribution is 0.0760. The number of nitrogens with two attached hydrogens (primary N) is 1. The minimum Gasteiger partial charge on any atom is -0.339 e. The molecule has 20 heavy (non-hydrogen) atoms. The Labute approximate surface area is 121 Å². The van der Waals surface area contributed by atoms with Crippen molar-refractivity contribution in [3.8, 4) is 0 Å². The van der Waals surface area contributed by atoms with E-state index in [1.54, 1.807) is 0 Å². The fraction of sp³-hybridized carbons (Fsp3) is 0.562. The van der Waals surface area contributed by atoms with Crippen LogP contribution in [0, 0.1) is 12.8 Å². The summed E-state index contributed by atoms with van der Waals surface area (Å²) in [4.78, 5) is 14.7. The molecule has 0 saturated carbocycles. The normalized spacial score (nSPS) is 19.6. The second-order valence-corrected chi connectivity index (χ2v) is 5.69. The summed E-state index contributed by atoms with van der Waals surface area (Å²) < 4.78 is 0. The van der Waals surface area contributed by atoms with Crippen molar-refractivity contribution in [1.82, 2.24) is 4.90 Å². The van der Waals surface area contributed by atoms with Gasteiger partial charge in [-0.25, -0.2) is 0 Å². The van der Waals surface area contributed by atoms with Gasteiger partial charge in [0.05, 0.1) is 11.3 Å². The molecule has 1 aromatic carbocycles. The van der Waals surface area contributed by atoms with Crippen LogP contribution in [0.4, 0.5) is 5.69 Å². The Morgan fingerprint density at radius 2 is 2.20 bits per heavy atom. The van der Waals surface area contributed by atoms with E-state index in [4.69, 9.17) is 5.84 Å². The van der Waals surface area contributed by atoms with Gasteiger partial charge in [-0.1, -0.05) is 25.0 Å². The van der Waals surface area contributed by atoms with Crippen molar-refractivity contribution in [3.05, 3.63) is 29.3 Å². The lowest BCUT2D eigenvalue weighted by Crippen LogP contribution is -2.33. The highest BCUT2D eigenvalue weighted by Gasteiger charge is 2.22. The largest absolute Gasteiger partial charge is 0.339 e. The van der Waals surface area contributed by atoms with Gasteiger partial charge in [0.15, 0.2) is 0 Å². The third kappa shape index (κ3) is 3.31. The molecule has 4 nitrogen and oxygen atoms in total. The van der Waals surface area contributed by atoms with Crippen LogP contribution in [0.2, 0.25) is 0 Å². The van der Waals surface area contributed by atoms with Crippen molar-refractivity contribution in [2.24, 2.45) is 11.8 Å². The maximum absolute atomic E-state index is 12.7. The molecule has 1 unspecified atom stereocenters. The van der Waals surface area contributed by atoms with Gasteiger partial charge in [0, 0.05) is 13.1 Å². The van der Waals surface area contributed by atoms with Gasteiger partial charge in [0.1, 0.15) is 0 Å². The van der Waals surface area contributed by atoms with E-state index in [0.717, 1.165) is 37.4 Å².